The van der Waals surface area contributed by atoms with Crippen molar-refractivity contribution in [3.8, 4) is 0 Å². The van der Waals surface area contributed by atoms with Crippen LogP contribution in [0.2, 0.25) is 0 Å². The number of H-pyrrole nitrogens is 1. The van der Waals surface area contributed by atoms with Crippen LogP contribution in [0, 0.1) is 0 Å². The summed E-state index contributed by atoms with van der Waals surface area (Å²) in [4.78, 5) is 15.0. The molecule has 0 aliphatic carbocycles. The molecule has 1 heterocycles. The maximum atomic E-state index is 11.8. The van der Waals surface area contributed by atoms with Crippen LogP contribution >= 0.6 is 0 Å². The predicted octanol–water partition coefficient (Wildman–Crippen LogP) is 2.29. The van der Waals surface area contributed by atoms with E-state index in [0.717, 1.165) is 17.8 Å². The minimum atomic E-state index is 0.00746. The first-order chi connectivity index (χ1) is 7.72. The van der Waals surface area contributed by atoms with Crippen molar-refractivity contribution in [2.75, 3.05) is 0 Å². The fourth-order valence-corrected chi connectivity index (χ4v) is 1.46. The fraction of sp³-hybridized carbons (Fsp3) is 0.308. The highest BCUT2D eigenvalue weighted by molar-refractivity contribution is 5.62. The molecule has 0 aliphatic heterocycles. The Morgan fingerprint density at radius 2 is 2.19 bits per heavy atom. The second-order valence-corrected chi connectivity index (χ2v) is 3.50. The van der Waals surface area contributed by atoms with Crippen LogP contribution in [0.3, 0.4) is 0 Å². The van der Waals surface area contributed by atoms with E-state index in [9.17, 15) is 4.79 Å². The molecule has 3 heteroatoms. The molecule has 0 fully saturated rings. The van der Waals surface area contributed by atoms with Gasteiger partial charge in [-0.15, -0.1) is 0 Å². The molecule has 86 valence electrons. The zero-order valence-electron chi connectivity index (χ0n) is 9.79. The van der Waals surface area contributed by atoms with Gasteiger partial charge in [-0.05, 0) is 19.4 Å². The first-order valence-electron chi connectivity index (χ1n) is 5.48. The summed E-state index contributed by atoms with van der Waals surface area (Å²) in [7, 11) is 0. The molecule has 3 nitrogen and oxygen atoms in total. The number of aromatic amines is 1. The van der Waals surface area contributed by atoms with Crippen LogP contribution in [-0.4, -0.2) is 4.98 Å². The lowest BCUT2D eigenvalue weighted by atomic mass is 10.1. The smallest absolute Gasteiger partial charge is 0.189 e. The van der Waals surface area contributed by atoms with Crippen LogP contribution in [0.25, 0.3) is 12.2 Å². The van der Waals surface area contributed by atoms with E-state index in [1.165, 1.54) is 0 Å². The molecule has 1 rings (SSSR count). The minimum Gasteiger partial charge on any atom is -0.357 e. The Bertz CT molecular complexity index is 455. The molecule has 0 amide bonds. The first kappa shape index (κ1) is 12.5. The van der Waals surface area contributed by atoms with E-state index >= 15 is 0 Å². The van der Waals surface area contributed by atoms with Gasteiger partial charge < -0.3 is 10.7 Å². The van der Waals surface area contributed by atoms with Gasteiger partial charge in [0.2, 0.25) is 0 Å². The van der Waals surface area contributed by atoms with Crippen LogP contribution in [0.1, 0.15) is 37.2 Å². The van der Waals surface area contributed by atoms with E-state index in [1.807, 2.05) is 31.2 Å². The highest BCUT2D eigenvalue weighted by Gasteiger charge is 2.03. The van der Waals surface area contributed by atoms with E-state index in [2.05, 4.69) is 11.9 Å². The Hall–Kier alpha value is -1.61. The zero-order valence-corrected chi connectivity index (χ0v) is 9.79. The van der Waals surface area contributed by atoms with Gasteiger partial charge in [-0.2, -0.15) is 0 Å². The third-order valence-corrected chi connectivity index (χ3v) is 2.23. The van der Waals surface area contributed by atoms with E-state index in [1.54, 1.807) is 6.07 Å². The van der Waals surface area contributed by atoms with Crippen molar-refractivity contribution < 1.29 is 0 Å². The molecule has 0 bridgehead atoms. The Kier molecular flexibility index (Phi) is 4.73. The molecule has 0 saturated heterocycles. The monoisotopic (exact) mass is 218 g/mol. The number of allylic oxidation sites excluding steroid dienone is 2. The summed E-state index contributed by atoms with van der Waals surface area (Å²) >= 11 is 0. The molecule has 0 aromatic carbocycles. The number of nitrogens with one attached hydrogen (secondary N) is 1. The highest BCUT2D eigenvalue weighted by Crippen LogP contribution is 2.08. The molecule has 0 unspecified atom stereocenters. The SMILES string of the molecule is C/C=C\c1c(/C=C\CC)[nH]c(CN)cc1=O. The van der Waals surface area contributed by atoms with Gasteiger partial charge in [0.05, 0.1) is 0 Å². The molecule has 0 spiro atoms. The number of pyridine rings is 1. The van der Waals surface area contributed by atoms with Crippen molar-refractivity contribution in [3.05, 3.63) is 45.4 Å². The van der Waals surface area contributed by atoms with Gasteiger partial charge in [-0.1, -0.05) is 25.2 Å². The van der Waals surface area contributed by atoms with Crippen molar-refractivity contribution in [2.45, 2.75) is 26.8 Å². The summed E-state index contributed by atoms with van der Waals surface area (Å²) in [6.07, 6.45) is 8.54. The van der Waals surface area contributed by atoms with Crippen molar-refractivity contribution in [2.24, 2.45) is 5.73 Å². The normalized spacial score (nSPS) is 11.7. The van der Waals surface area contributed by atoms with Crippen LogP contribution in [0.5, 0.6) is 0 Å². The Labute approximate surface area is 95.7 Å². The summed E-state index contributed by atoms with van der Waals surface area (Å²) in [6, 6.07) is 1.55. The Balaban J connectivity index is 3.34. The number of nitrogens with two attached hydrogens (primary N) is 1. The third-order valence-electron chi connectivity index (χ3n) is 2.23. The molecule has 0 aliphatic rings. The van der Waals surface area contributed by atoms with Crippen molar-refractivity contribution in [1.82, 2.24) is 4.98 Å². The van der Waals surface area contributed by atoms with Crippen molar-refractivity contribution in [3.63, 3.8) is 0 Å². The molecule has 1 aromatic rings. The molecule has 0 radical (unpaired) electrons. The summed E-state index contributed by atoms with van der Waals surface area (Å²) < 4.78 is 0. The van der Waals surface area contributed by atoms with E-state index in [0.29, 0.717) is 12.1 Å². The quantitative estimate of drug-likeness (QED) is 0.814. The second-order valence-electron chi connectivity index (χ2n) is 3.50. The van der Waals surface area contributed by atoms with Crippen LogP contribution in [-0.2, 0) is 6.54 Å². The van der Waals surface area contributed by atoms with Crippen molar-refractivity contribution in [1.29, 1.82) is 0 Å². The summed E-state index contributed by atoms with van der Waals surface area (Å²) in [5.41, 5.74) is 7.81. The van der Waals surface area contributed by atoms with Crippen LogP contribution in [0.4, 0.5) is 0 Å². The molecular weight excluding hydrogens is 200 g/mol. The standard InChI is InChI=1S/C13H18N2O/c1-3-5-7-12-11(6-4-2)13(16)8-10(9-14)15-12/h4-8H,3,9,14H2,1-2H3,(H,15,16)/b6-4-,7-5-. The van der Waals surface area contributed by atoms with Gasteiger partial charge in [0.1, 0.15) is 0 Å². The van der Waals surface area contributed by atoms with Gasteiger partial charge in [0, 0.05) is 29.6 Å². The average molecular weight is 218 g/mol. The summed E-state index contributed by atoms with van der Waals surface area (Å²) in [6.45, 7) is 4.29. The number of hydrogen-bond donors (Lipinski definition) is 2. The molecular formula is C13H18N2O. The number of rotatable bonds is 4. The third kappa shape index (κ3) is 2.94. The number of aromatic nitrogens is 1. The lowest BCUT2D eigenvalue weighted by Crippen LogP contribution is -2.12. The summed E-state index contributed by atoms with van der Waals surface area (Å²) in [5, 5.41) is 0. The zero-order chi connectivity index (χ0) is 12.0. The van der Waals surface area contributed by atoms with Gasteiger partial charge in [0.25, 0.3) is 0 Å². The fourth-order valence-electron chi connectivity index (χ4n) is 1.46. The molecule has 16 heavy (non-hydrogen) atoms. The van der Waals surface area contributed by atoms with E-state index in [4.69, 9.17) is 5.73 Å². The molecule has 1 aromatic heterocycles. The van der Waals surface area contributed by atoms with Gasteiger partial charge in [0.15, 0.2) is 5.43 Å². The lowest BCUT2D eigenvalue weighted by Gasteiger charge is -2.04. The Morgan fingerprint density at radius 3 is 2.75 bits per heavy atom. The largest absolute Gasteiger partial charge is 0.357 e. The first-order valence-corrected chi connectivity index (χ1v) is 5.48. The van der Waals surface area contributed by atoms with E-state index < -0.39 is 0 Å². The second kappa shape index (κ2) is 6.08. The molecule has 0 saturated carbocycles. The minimum absolute atomic E-state index is 0.00746. The van der Waals surface area contributed by atoms with Gasteiger partial charge in [-0.3, -0.25) is 4.79 Å². The number of hydrogen-bond acceptors (Lipinski definition) is 2. The molecule has 0 atom stereocenters. The predicted molar refractivity (Wildman–Crippen MR) is 69.0 cm³/mol. The molecule has 3 N–H and O–H groups in total. The van der Waals surface area contributed by atoms with E-state index in [-0.39, 0.29) is 5.43 Å². The van der Waals surface area contributed by atoms with Crippen LogP contribution in [0.15, 0.2) is 23.0 Å². The van der Waals surface area contributed by atoms with Gasteiger partial charge in [-0.25, -0.2) is 0 Å². The highest BCUT2D eigenvalue weighted by atomic mass is 16.1. The van der Waals surface area contributed by atoms with Crippen molar-refractivity contribution >= 4 is 12.2 Å². The average Bonchev–Trinajstić information content (AvgIpc) is 2.29. The maximum absolute atomic E-state index is 11.8. The van der Waals surface area contributed by atoms with Gasteiger partial charge >= 0.3 is 0 Å². The summed E-state index contributed by atoms with van der Waals surface area (Å²) in [5.74, 6) is 0. The van der Waals surface area contributed by atoms with Crippen LogP contribution < -0.4 is 11.2 Å². The topological polar surface area (TPSA) is 58.9 Å². The maximum Gasteiger partial charge on any atom is 0.189 e. The lowest BCUT2D eigenvalue weighted by molar-refractivity contribution is 0.977. The Morgan fingerprint density at radius 1 is 1.44 bits per heavy atom.